The van der Waals surface area contributed by atoms with E-state index in [1.54, 1.807) is 36.4 Å². The molecule has 0 aliphatic heterocycles. The molecule has 1 aromatic heterocycles. The average molecular weight is 440 g/mol. The minimum absolute atomic E-state index is 0.283. The lowest BCUT2D eigenvalue weighted by atomic mass is 10.2. The number of anilines is 2. The second-order valence-electron chi connectivity index (χ2n) is 6.23. The molecular weight excluding hydrogens is 425 g/mol. The smallest absolute Gasteiger partial charge is 0.349 e. The third-order valence-electron chi connectivity index (χ3n) is 4.13. The monoisotopic (exact) mass is 439 g/mol. The van der Waals surface area contributed by atoms with Gasteiger partial charge in [0.25, 0.3) is 0 Å². The van der Waals surface area contributed by atoms with Crippen LogP contribution in [-0.2, 0) is 4.79 Å². The Balaban J connectivity index is 1.37. The van der Waals surface area contributed by atoms with Crippen LogP contribution in [0.5, 0.6) is 11.5 Å². The fourth-order valence-corrected chi connectivity index (χ4v) is 3.20. The Hall–Kier alpha value is -3.35. The van der Waals surface area contributed by atoms with Gasteiger partial charge in [0.1, 0.15) is 23.6 Å². The van der Waals surface area contributed by atoms with Gasteiger partial charge in [0.15, 0.2) is 6.61 Å². The highest BCUT2D eigenvalue weighted by atomic mass is 35.5. The topological polar surface area (TPSA) is 73.3 Å². The van der Waals surface area contributed by atoms with Crippen molar-refractivity contribution < 1.29 is 14.3 Å². The van der Waals surface area contributed by atoms with Gasteiger partial charge in [-0.3, -0.25) is 0 Å². The van der Waals surface area contributed by atoms with Crippen LogP contribution in [0.2, 0.25) is 10.0 Å². The number of carbonyl (C=O) groups excluding carboxylic acids is 1. The molecule has 0 atom stereocenters. The maximum atomic E-state index is 12.0. The van der Waals surface area contributed by atoms with Gasteiger partial charge in [-0.25, -0.2) is 14.8 Å². The van der Waals surface area contributed by atoms with Gasteiger partial charge in [-0.05, 0) is 54.6 Å². The second kappa shape index (κ2) is 8.98. The van der Waals surface area contributed by atoms with Crippen molar-refractivity contribution in [2.24, 2.45) is 0 Å². The maximum absolute atomic E-state index is 12.0. The zero-order valence-electron chi connectivity index (χ0n) is 15.5. The van der Waals surface area contributed by atoms with Gasteiger partial charge in [-0.2, -0.15) is 0 Å². The summed E-state index contributed by atoms with van der Waals surface area (Å²) < 4.78 is 10.7. The molecule has 8 heteroatoms. The number of fused-ring (bicyclic) bond motifs is 1. The Labute approximate surface area is 182 Å². The van der Waals surface area contributed by atoms with Crippen molar-refractivity contribution in [1.29, 1.82) is 0 Å². The van der Waals surface area contributed by atoms with Crippen LogP contribution < -0.4 is 14.8 Å². The van der Waals surface area contributed by atoms with E-state index in [0.717, 1.165) is 16.6 Å². The van der Waals surface area contributed by atoms with E-state index >= 15 is 0 Å². The predicted octanol–water partition coefficient (Wildman–Crippen LogP) is 5.66. The Morgan fingerprint density at radius 3 is 2.57 bits per heavy atom. The molecule has 4 aromatic rings. The SMILES string of the molecule is O=C(COc1ccc(Cl)cc1Cl)Oc1ccc(Nc2ncnc3ccccc23)cc1. The number of carbonyl (C=O) groups is 1. The zero-order valence-corrected chi connectivity index (χ0v) is 17.0. The summed E-state index contributed by atoms with van der Waals surface area (Å²) in [6.07, 6.45) is 1.51. The number of halogens is 2. The fraction of sp³-hybridized carbons (Fsp3) is 0.0455. The van der Waals surface area contributed by atoms with Crippen molar-refractivity contribution in [3.05, 3.63) is 83.1 Å². The van der Waals surface area contributed by atoms with E-state index in [0.29, 0.717) is 27.4 Å². The van der Waals surface area contributed by atoms with Gasteiger partial charge in [-0.1, -0.05) is 35.3 Å². The number of para-hydroxylation sites is 1. The van der Waals surface area contributed by atoms with Gasteiger partial charge in [0, 0.05) is 16.1 Å². The molecule has 0 fully saturated rings. The van der Waals surface area contributed by atoms with Crippen LogP contribution in [-0.4, -0.2) is 22.5 Å². The highest BCUT2D eigenvalue weighted by Gasteiger charge is 2.09. The normalized spacial score (nSPS) is 10.6. The molecule has 1 N–H and O–H groups in total. The maximum Gasteiger partial charge on any atom is 0.349 e. The summed E-state index contributed by atoms with van der Waals surface area (Å²) in [6, 6.07) is 19.4. The second-order valence-corrected chi connectivity index (χ2v) is 7.07. The predicted molar refractivity (Wildman–Crippen MR) is 117 cm³/mol. The summed E-state index contributed by atoms with van der Waals surface area (Å²) in [5.41, 5.74) is 1.64. The van der Waals surface area contributed by atoms with E-state index in [4.69, 9.17) is 32.7 Å². The lowest BCUT2D eigenvalue weighted by molar-refractivity contribution is -0.136. The zero-order chi connectivity index (χ0) is 20.9. The molecule has 6 nitrogen and oxygen atoms in total. The summed E-state index contributed by atoms with van der Waals surface area (Å²) in [4.78, 5) is 20.6. The van der Waals surface area contributed by atoms with Gasteiger partial charge in [-0.15, -0.1) is 0 Å². The summed E-state index contributed by atoms with van der Waals surface area (Å²) >= 11 is 11.9. The van der Waals surface area contributed by atoms with Gasteiger partial charge in [0.2, 0.25) is 0 Å². The van der Waals surface area contributed by atoms with Crippen LogP contribution in [0.1, 0.15) is 0 Å². The Kier molecular flexibility index (Phi) is 5.97. The number of esters is 1. The van der Waals surface area contributed by atoms with Crippen LogP contribution in [0.25, 0.3) is 10.9 Å². The van der Waals surface area contributed by atoms with Crippen molar-refractivity contribution in [3.8, 4) is 11.5 Å². The summed E-state index contributed by atoms with van der Waals surface area (Å²) in [7, 11) is 0. The summed E-state index contributed by atoms with van der Waals surface area (Å²) in [5, 5.41) is 4.96. The van der Waals surface area contributed by atoms with E-state index in [1.807, 2.05) is 24.3 Å². The van der Waals surface area contributed by atoms with Crippen molar-refractivity contribution in [2.75, 3.05) is 11.9 Å². The molecule has 3 aromatic carbocycles. The van der Waals surface area contributed by atoms with Crippen LogP contribution in [0.3, 0.4) is 0 Å². The first kappa shape index (κ1) is 19.9. The standard InChI is InChI=1S/C22H15Cl2N3O3/c23-14-5-10-20(18(24)11-14)29-12-21(28)30-16-8-6-15(7-9-16)27-22-17-3-1-2-4-19(17)25-13-26-22/h1-11,13H,12H2,(H,25,26,27). The van der Waals surface area contributed by atoms with Gasteiger partial charge >= 0.3 is 5.97 Å². The molecule has 4 rings (SSSR count). The Morgan fingerprint density at radius 2 is 1.77 bits per heavy atom. The highest BCUT2D eigenvalue weighted by molar-refractivity contribution is 6.35. The molecule has 150 valence electrons. The molecule has 30 heavy (non-hydrogen) atoms. The molecule has 0 aliphatic carbocycles. The number of rotatable bonds is 6. The van der Waals surface area contributed by atoms with Crippen molar-refractivity contribution in [2.45, 2.75) is 0 Å². The fourth-order valence-electron chi connectivity index (χ4n) is 2.74. The molecule has 0 bridgehead atoms. The molecule has 0 spiro atoms. The molecule has 0 radical (unpaired) electrons. The van der Waals surface area contributed by atoms with Crippen molar-refractivity contribution >= 4 is 51.6 Å². The highest BCUT2D eigenvalue weighted by Crippen LogP contribution is 2.28. The number of nitrogens with one attached hydrogen (secondary N) is 1. The first-order chi connectivity index (χ1) is 14.6. The van der Waals surface area contributed by atoms with Gasteiger partial charge in [0.05, 0.1) is 10.5 Å². The quantitative estimate of drug-likeness (QED) is 0.308. The molecule has 0 unspecified atom stereocenters. The molecular formula is C22H15Cl2N3O3. The number of benzene rings is 3. The van der Waals surface area contributed by atoms with E-state index in [1.165, 1.54) is 12.4 Å². The van der Waals surface area contributed by atoms with E-state index < -0.39 is 5.97 Å². The largest absolute Gasteiger partial charge is 0.480 e. The number of nitrogens with zero attached hydrogens (tertiary/aromatic N) is 2. The number of hydrogen-bond acceptors (Lipinski definition) is 6. The lowest BCUT2D eigenvalue weighted by Crippen LogP contribution is -2.17. The molecule has 0 aliphatic rings. The minimum Gasteiger partial charge on any atom is -0.480 e. The third-order valence-corrected chi connectivity index (χ3v) is 4.66. The summed E-state index contributed by atoms with van der Waals surface area (Å²) in [5.74, 6) is 0.889. The van der Waals surface area contributed by atoms with Crippen molar-refractivity contribution in [1.82, 2.24) is 9.97 Å². The average Bonchev–Trinajstić information content (AvgIpc) is 2.75. The third kappa shape index (κ3) is 4.79. The number of hydrogen-bond donors (Lipinski definition) is 1. The lowest BCUT2D eigenvalue weighted by Gasteiger charge is -2.10. The van der Waals surface area contributed by atoms with Crippen LogP contribution >= 0.6 is 23.2 Å². The first-order valence-corrected chi connectivity index (χ1v) is 9.69. The molecule has 0 saturated carbocycles. The Bertz CT molecular complexity index is 1190. The first-order valence-electron chi connectivity index (χ1n) is 8.94. The van der Waals surface area contributed by atoms with E-state index in [2.05, 4.69) is 15.3 Å². The van der Waals surface area contributed by atoms with Crippen LogP contribution in [0, 0.1) is 0 Å². The minimum atomic E-state index is -0.552. The van der Waals surface area contributed by atoms with Crippen LogP contribution in [0.15, 0.2) is 73.1 Å². The van der Waals surface area contributed by atoms with E-state index in [9.17, 15) is 4.79 Å². The number of aromatic nitrogens is 2. The molecule has 0 saturated heterocycles. The number of ether oxygens (including phenoxy) is 2. The Morgan fingerprint density at radius 1 is 0.967 bits per heavy atom. The molecule has 0 amide bonds. The van der Waals surface area contributed by atoms with Crippen molar-refractivity contribution in [3.63, 3.8) is 0 Å². The van der Waals surface area contributed by atoms with E-state index in [-0.39, 0.29) is 6.61 Å². The van der Waals surface area contributed by atoms with Crippen LogP contribution in [0.4, 0.5) is 11.5 Å². The summed E-state index contributed by atoms with van der Waals surface area (Å²) in [6.45, 7) is -0.283. The van der Waals surface area contributed by atoms with Gasteiger partial charge < -0.3 is 14.8 Å². The molecule has 1 heterocycles.